The molecule has 0 saturated carbocycles. The number of aromatic amines is 1. The van der Waals surface area contributed by atoms with E-state index < -0.39 is 17.6 Å². The first kappa shape index (κ1) is 24.7. The Kier molecular flexibility index (Phi) is 7.70. The second-order valence-corrected chi connectivity index (χ2v) is 7.30. The molecule has 0 radical (unpaired) electrons. The van der Waals surface area contributed by atoms with E-state index in [9.17, 15) is 18.7 Å². The number of hydrogen-bond donors (Lipinski definition) is 3. The zero-order valence-corrected chi connectivity index (χ0v) is 20.5. The molecule has 1 aromatic heterocycles. The van der Waals surface area contributed by atoms with Crippen molar-refractivity contribution in [3.63, 3.8) is 0 Å². The fourth-order valence-corrected chi connectivity index (χ4v) is 3.46. The van der Waals surface area contributed by atoms with E-state index in [1.807, 2.05) is 0 Å². The van der Waals surface area contributed by atoms with Gasteiger partial charge in [0.05, 0.1) is 18.8 Å². The fourth-order valence-electron chi connectivity index (χ4n) is 3.23. The largest absolute Gasteiger partial charge is 1.00 e. The Morgan fingerprint density at radius 3 is 2.36 bits per heavy atom. The molecule has 0 atom stereocenters. The van der Waals surface area contributed by atoms with Crippen molar-refractivity contribution in [1.82, 2.24) is 4.98 Å². The molecule has 0 bridgehead atoms. The number of aromatic carboxylic acids is 1. The van der Waals surface area contributed by atoms with Crippen LogP contribution in [0.2, 0.25) is 0 Å². The van der Waals surface area contributed by atoms with Crippen molar-refractivity contribution in [3.05, 3.63) is 77.9 Å². The van der Waals surface area contributed by atoms with Gasteiger partial charge < -0.3 is 30.3 Å². The predicted molar refractivity (Wildman–Crippen MR) is 121 cm³/mol. The summed E-state index contributed by atoms with van der Waals surface area (Å²) in [4.78, 5) is 13.9. The van der Waals surface area contributed by atoms with E-state index in [1.54, 1.807) is 36.4 Å². The van der Waals surface area contributed by atoms with Crippen LogP contribution in [0.4, 0.5) is 20.2 Å². The van der Waals surface area contributed by atoms with Gasteiger partial charge >= 0.3 is 29.6 Å². The number of carboxylic acid groups (broad SMARTS) is 1. The van der Waals surface area contributed by atoms with Gasteiger partial charge in [-0.3, -0.25) is 0 Å². The van der Waals surface area contributed by atoms with Crippen molar-refractivity contribution in [2.24, 2.45) is 0 Å². The van der Waals surface area contributed by atoms with E-state index in [-0.39, 0.29) is 40.2 Å². The van der Waals surface area contributed by atoms with E-state index in [2.05, 4.69) is 15.6 Å². The Hall–Kier alpha value is -2.98. The van der Waals surface area contributed by atoms with Gasteiger partial charge in [0.15, 0.2) is 16.7 Å². The third-order valence-electron chi connectivity index (χ3n) is 4.80. The second-order valence-electron chi connectivity index (χ2n) is 6.90. The van der Waals surface area contributed by atoms with Crippen LogP contribution >= 0.6 is 12.2 Å². The molecule has 6 nitrogen and oxygen atoms in total. The normalized spacial score (nSPS) is 10.4. The second kappa shape index (κ2) is 10.3. The number of rotatable bonds is 5. The molecule has 0 amide bonds. The molecule has 3 aromatic carbocycles. The van der Waals surface area contributed by atoms with E-state index in [0.717, 1.165) is 17.7 Å². The van der Waals surface area contributed by atoms with Crippen LogP contribution in [0.15, 0.2) is 60.7 Å². The Morgan fingerprint density at radius 1 is 1.00 bits per heavy atom. The van der Waals surface area contributed by atoms with Crippen LogP contribution in [-0.4, -0.2) is 23.2 Å². The summed E-state index contributed by atoms with van der Waals surface area (Å²) in [5.74, 6) is -2.57. The zero-order valence-electron chi connectivity index (χ0n) is 17.7. The number of carbonyl (C=O) groups is 1. The minimum atomic E-state index is -1.26. The Morgan fingerprint density at radius 2 is 1.70 bits per heavy atom. The molecule has 33 heavy (non-hydrogen) atoms. The van der Waals surface area contributed by atoms with Crippen molar-refractivity contribution < 1.29 is 53.0 Å². The monoisotopic (exact) mass is 475 g/mol. The fraction of sp³-hybridized carbons (Fsp3) is 0.0435. The number of nitrogens with one attached hydrogen (secondary N) is 3. The Balaban J connectivity index is 0.00000306. The van der Waals surface area contributed by atoms with Crippen molar-refractivity contribution in [2.45, 2.75) is 0 Å². The third-order valence-corrected chi connectivity index (χ3v) is 5.00. The first-order chi connectivity index (χ1) is 15.3. The minimum absolute atomic E-state index is 0. The number of carboxylic acids is 1. The van der Waals surface area contributed by atoms with Crippen LogP contribution in [-0.2, 0) is 0 Å². The molecule has 0 unspecified atom stereocenters. The van der Waals surface area contributed by atoms with Gasteiger partial charge in [-0.2, -0.15) is 0 Å². The maximum atomic E-state index is 13.5. The van der Waals surface area contributed by atoms with Gasteiger partial charge in [-0.05, 0) is 60.2 Å². The van der Waals surface area contributed by atoms with Gasteiger partial charge in [-0.25, -0.2) is 8.78 Å². The summed E-state index contributed by atoms with van der Waals surface area (Å²) in [5.41, 5.74) is 3.08. The molecule has 4 rings (SSSR count). The van der Waals surface area contributed by atoms with Gasteiger partial charge in [0.2, 0.25) is 0 Å². The molecular weight excluding hydrogens is 459 g/mol. The smallest absolute Gasteiger partial charge is 0.545 e. The molecule has 1 heterocycles. The summed E-state index contributed by atoms with van der Waals surface area (Å²) in [6.45, 7) is 0. The number of halogens is 2. The number of H-pyrrole nitrogens is 1. The van der Waals surface area contributed by atoms with Crippen molar-refractivity contribution >= 4 is 45.6 Å². The summed E-state index contributed by atoms with van der Waals surface area (Å²) >= 11 is 5.35. The van der Waals surface area contributed by atoms with Gasteiger partial charge in [-0.1, -0.05) is 12.1 Å². The summed E-state index contributed by atoms with van der Waals surface area (Å²) in [6, 6.07) is 15.2. The molecule has 0 fully saturated rings. The molecule has 0 aliphatic carbocycles. The molecule has 0 aliphatic heterocycles. The topological polar surface area (TPSA) is 89.2 Å². The van der Waals surface area contributed by atoms with Gasteiger partial charge in [-0.15, -0.1) is 0 Å². The van der Waals surface area contributed by atoms with Crippen LogP contribution in [0, 0.1) is 11.6 Å². The van der Waals surface area contributed by atoms with Gasteiger partial charge in [0, 0.05) is 33.9 Å². The number of hydrogen-bond acceptors (Lipinski definition) is 4. The number of benzene rings is 3. The molecule has 0 saturated heterocycles. The quantitative estimate of drug-likeness (QED) is 0.298. The van der Waals surface area contributed by atoms with Crippen LogP contribution in [0.25, 0.3) is 22.2 Å². The van der Waals surface area contributed by atoms with Crippen molar-refractivity contribution in [1.29, 1.82) is 0 Å². The van der Waals surface area contributed by atoms with Crippen LogP contribution in [0.1, 0.15) is 10.4 Å². The number of aromatic nitrogens is 1. The third kappa shape index (κ3) is 5.51. The maximum absolute atomic E-state index is 13.5. The first-order valence-electron chi connectivity index (χ1n) is 9.39. The number of thiocarbonyl (C=S) groups is 1. The van der Waals surface area contributed by atoms with Gasteiger partial charge in [0.1, 0.15) is 5.75 Å². The molecule has 3 N–H and O–H groups in total. The van der Waals surface area contributed by atoms with Crippen molar-refractivity contribution in [2.75, 3.05) is 17.7 Å². The summed E-state index contributed by atoms with van der Waals surface area (Å²) in [6.07, 6.45) is 0. The SMILES string of the molecule is COc1ccc(-c2cc3cc(F)c(F)cc3[nH]2)cc1NC(=S)Nc1ccc(C(=O)[O-])cc1.[Na+]. The van der Waals surface area contributed by atoms with E-state index >= 15 is 0 Å². The first-order valence-corrected chi connectivity index (χ1v) is 9.80. The number of methoxy groups -OCH3 is 1. The summed E-state index contributed by atoms with van der Waals surface area (Å²) in [7, 11) is 1.52. The van der Waals surface area contributed by atoms with Gasteiger partial charge in [0.25, 0.3) is 0 Å². The van der Waals surface area contributed by atoms with E-state index in [1.165, 1.54) is 19.2 Å². The average Bonchev–Trinajstić information content (AvgIpc) is 3.17. The molecule has 4 aromatic rings. The summed E-state index contributed by atoms with van der Waals surface area (Å²) < 4.78 is 32.5. The zero-order chi connectivity index (χ0) is 22.8. The van der Waals surface area contributed by atoms with Crippen LogP contribution in [0.5, 0.6) is 5.75 Å². The van der Waals surface area contributed by atoms with E-state index in [4.69, 9.17) is 17.0 Å². The van der Waals surface area contributed by atoms with Crippen LogP contribution < -0.4 is 50.0 Å². The standard InChI is InChI=1S/C23H17F2N3O3S.Na/c1-31-21-7-4-13(18-10-14-8-16(24)17(25)11-19(14)27-18)9-20(21)28-23(32)26-15-5-2-12(3-6-15)22(29)30;/h2-11,27H,1H3,(H,29,30)(H2,26,28,32);/q;+1/p-1. The summed E-state index contributed by atoms with van der Waals surface area (Å²) in [5, 5.41) is 17.7. The van der Waals surface area contributed by atoms with E-state index in [0.29, 0.717) is 33.7 Å². The maximum Gasteiger partial charge on any atom is 1.00 e. The number of fused-ring (bicyclic) bond motifs is 1. The molecule has 162 valence electrons. The molecular formula is C23H16F2N3NaO3S. The minimum Gasteiger partial charge on any atom is -0.545 e. The van der Waals surface area contributed by atoms with Crippen molar-refractivity contribution in [3.8, 4) is 17.0 Å². The Bertz CT molecular complexity index is 1300. The molecule has 0 aliphatic rings. The Labute approximate surface area is 215 Å². The molecule has 0 spiro atoms. The number of carbonyl (C=O) groups excluding carboxylic acids is 1. The number of anilines is 2. The molecule has 10 heteroatoms. The predicted octanol–water partition coefficient (Wildman–Crippen LogP) is 1.30. The number of ether oxygens (including phenoxy) is 1. The average molecular weight is 475 g/mol. The van der Waals surface area contributed by atoms with Crippen LogP contribution in [0.3, 0.4) is 0 Å².